The molecule has 0 atom stereocenters. The second-order valence-electron chi connectivity index (χ2n) is 4.40. The summed E-state index contributed by atoms with van der Waals surface area (Å²) in [5.74, 6) is 0. The molecule has 17 heavy (non-hydrogen) atoms. The number of anilines is 1. The Balaban J connectivity index is 2.44. The number of rotatable bonds is 7. The van der Waals surface area contributed by atoms with E-state index in [1.54, 1.807) is 0 Å². The van der Waals surface area contributed by atoms with Gasteiger partial charge in [0.25, 0.3) is 0 Å². The summed E-state index contributed by atoms with van der Waals surface area (Å²) >= 11 is 0. The summed E-state index contributed by atoms with van der Waals surface area (Å²) in [4.78, 5) is 2.39. The van der Waals surface area contributed by atoms with Crippen LogP contribution in [0.5, 0.6) is 0 Å². The van der Waals surface area contributed by atoms with Crippen LogP contribution >= 0.6 is 0 Å². The molecule has 0 aliphatic rings. The Hall–Kier alpha value is -1.50. The third-order valence-electron chi connectivity index (χ3n) is 3.01. The van der Waals surface area contributed by atoms with Crippen molar-refractivity contribution in [3.05, 3.63) is 54.6 Å². The predicted octanol–water partition coefficient (Wildman–Crippen LogP) is 4.43. The van der Waals surface area contributed by atoms with E-state index in [-0.39, 0.29) is 0 Å². The van der Waals surface area contributed by atoms with E-state index in [4.69, 9.17) is 0 Å². The quantitative estimate of drug-likeness (QED) is 0.625. The fourth-order valence-electron chi connectivity index (χ4n) is 1.81. The van der Waals surface area contributed by atoms with Crippen LogP contribution in [0.25, 0.3) is 0 Å². The largest absolute Gasteiger partial charge is 0.372 e. The molecule has 1 aromatic rings. The van der Waals surface area contributed by atoms with Crippen LogP contribution < -0.4 is 4.90 Å². The SMILES string of the molecule is C=C(C)C(=C)CCCN(CC)c1ccccc1. The van der Waals surface area contributed by atoms with E-state index in [0.717, 1.165) is 31.5 Å². The highest BCUT2D eigenvalue weighted by Crippen LogP contribution is 2.16. The molecule has 1 rings (SSSR count). The number of hydrogen-bond acceptors (Lipinski definition) is 1. The zero-order valence-corrected chi connectivity index (χ0v) is 11.1. The van der Waals surface area contributed by atoms with Crippen molar-refractivity contribution in [2.24, 2.45) is 0 Å². The maximum Gasteiger partial charge on any atom is 0.0366 e. The minimum absolute atomic E-state index is 1.04. The Bertz CT molecular complexity index is 364. The van der Waals surface area contributed by atoms with Gasteiger partial charge in [0.2, 0.25) is 0 Å². The van der Waals surface area contributed by atoms with Crippen LogP contribution in [-0.2, 0) is 0 Å². The molecule has 0 heterocycles. The molecule has 0 spiro atoms. The van der Waals surface area contributed by atoms with Gasteiger partial charge in [-0.05, 0) is 38.8 Å². The van der Waals surface area contributed by atoms with Crippen LogP contribution in [0.15, 0.2) is 54.6 Å². The maximum absolute atomic E-state index is 4.03. The van der Waals surface area contributed by atoms with Crippen LogP contribution in [0.3, 0.4) is 0 Å². The molecule has 0 saturated carbocycles. The smallest absolute Gasteiger partial charge is 0.0366 e. The highest BCUT2D eigenvalue weighted by Gasteiger charge is 2.03. The number of hydrogen-bond donors (Lipinski definition) is 0. The standard InChI is InChI=1S/C16H23N/c1-5-17(16-11-7-6-8-12-16)13-9-10-15(4)14(2)3/h6-8,11-12H,2,4-5,9-10,13H2,1,3H3. The second kappa shape index (κ2) is 6.95. The van der Waals surface area contributed by atoms with Gasteiger partial charge in [-0.1, -0.05) is 42.5 Å². The Labute approximate surface area is 105 Å². The molecule has 1 aromatic carbocycles. The lowest BCUT2D eigenvalue weighted by atomic mass is 10.1. The topological polar surface area (TPSA) is 3.24 Å². The van der Waals surface area contributed by atoms with Crippen LogP contribution in [0.1, 0.15) is 26.7 Å². The molecule has 92 valence electrons. The summed E-state index contributed by atoms with van der Waals surface area (Å²) in [5, 5.41) is 0. The zero-order valence-electron chi connectivity index (χ0n) is 11.1. The van der Waals surface area contributed by atoms with Gasteiger partial charge >= 0.3 is 0 Å². The van der Waals surface area contributed by atoms with Gasteiger partial charge in [-0.2, -0.15) is 0 Å². The minimum atomic E-state index is 1.04. The lowest BCUT2D eigenvalue weighted by Gasteiger charge is -2.23. The fourth-order valence-corrected chi connectivity index (χ4v) is 1.81. The number of para-hydroxylation sites is 1. The maximum atomic E-state index is 4.03. The molecule has 0 aromatic heterocycles. The first-order valence-corrected chi connectivity index (χ1v) is 6.28. The number of nitrogens with zero attached hydrogens (tertiary/aromatic N) is 1. The summed E-state index contributed by atoms with van der Waals surface area (Å²) in [6.07, 6.45) is 2.17. The first kappa shape index (κ1) is 13.6. The number of allylic oxidation sites excluding steroid dienone is 2. The molecular formula is C16H23N. The monoisotopic (exact) mass is 229 g/mol. The van der Waals surface area contributed by atoms with Gasteiger partial charge in [0.05, 0.1) is 0 Å². The molecule has 1 heteroatoms. The highest BCUT2D eigenvalue weighted by molar-refractivity contribution is 5.45. The summed E-state index contributed by atoms with van der Waals surface area (Å²) in [6, 6.07) is 10.6. The average molecular weight is 229 g/mol. The number of benzene rings is 1. The molecule has 1 nitrogen and oxygen atoms in total. The summed E-state index contributed by atoms with van der Waals surface area (Å²) in [5.41, 5.74) is 3.58. The van der Waals surface area contributed by atoms with E-state index >= 15 is 0 Å². The Morgan fingerprint density at radius 1 is 1.18 bits per heavy atom. The first-order valence-electron chi connectivity index (χ1n) is 6.28. The molecule has 0 radical (unpaired) electrons. The average Bonchev–Trinajstić information content (AvgIpc) is 2.35. The van der Waals surface area contributed by atoms with E-state index in [1.807, 2.05) is 6.92 Å². The van der Waals surface area contributed by atoms with Gasteiger partial charge in [0, 0.05) is 18.8 Å². The Morgan fingerprint density at radius 3 is 2.35 bits per heavy atom. The van der Waals surface area contributed by atoms with Crippen molar-refractivity contribution in [2.45, 2.75) is 26.7 Å². The lowest BCUT2D eigenvalue weighted by molar-refractivity contribution is 0.746. The van der Waals surface area contributed by atoms with Crippen LogP contribution in [-0.4, -0.2) is 13.1 Å². The highest BCUT2D eigenvalue weighted by atomic mass is 15.1. The van der Waals surface area contributed by atoms with Gasteiger partial charge in [-0.3, -0.25) is 0 Å². The van der Waals surface area contributed by atoms with Crippen molar-refractivity contribution in [1.82, 2.24) is 0 Å². The molecule has 0 saturated heterocycles. The van der Waals surface area contributed by atoms with Crippen LogP contribution in [0.4, 0.5) is 5.69 Å². The molecule has 0 bridgehead atoms. The third kappa shape index (κ3) is 4.48. The zero-order chi connectivity index (χ0) is 12.7. The lowest BCUT2D eigenvalue weighted by Crippen LogP contribution is -2.23. The van der Waals surface area contributed by atoms with Crippen LogP contribution in [0, 0.1) is 0 Å². The van der Waals surface area contributed by atoms with Crippen molar-refractivity contribution in [3.63, 3.8) is 0 Å². The molecule has 0 fully saturated rings. The minimum Gasteiger partial charge on any atom is -0.372 e. The fraction of sp³-hybridized carbons (Fsp3) is 0.375. The Morgan fingerprint density at radius 2 is 1.82 bits per heavy atom. The van der Waals surface area contributed by atoms with Gasteiger partial charge < -0.3 is 4.90 Å². The van der Waals surface area contributed by atoms with Gasteiger partial charge in [-0.25, -0.2) is 0 Å². The van der Waals surface area contributed by atoms with Crippen molar-refractivity contribution < 1.29 is 0 Å². The molecular weight excluding hydrogens is 206 g/mol. The van der Waals surface area contributed by atoms with Crippen molar-refractivity contribution in [2.75, 3.05) is 18.0 Å². The van der Waals surface area contributed by atoms with Gasteiger partial charge in [-0.15, -0.1) is 0 Å². The molecule has 0 N–H and O–H groups in total. The van der Waals surface area contributed by atoms with E-state index in [0.29, 0.717) is 0 Å². The first-order chi connectivity index (χ1) is 8.15. The van der Waals surface area contributed by atoms with Crippen molar-refractivity contribution >= 4 is 5.69 Å². The van der Waals surface area contributed by atoms with Gasteiger partial charge in [0.15, 0.2) is 0 Å². The van der Waals surface area contributed by atoms with E-state index in [9.17, 15) is 0 Å². The van der Waals surface area contributed by atoms with E-state index in [2.05, 4.69) is 55.3 Å². The second-order valence-corrected chi connectivity index (χ2v) is 4.40. The summed E-state index contributed by atoms with van der Waals surface area (Å²) in [6.45, 7) is 14.3. The van der Waals surface area contributed by atoms with Crippen molar-refractivity contribution in [3.8, 4) is 0 Å². The van der Waals surface area contributed by atoms with Crippen LogP contribution in [0.2, 0.25) is 0 Å². The summed E-state index contributed by atoms with van der Waals surface area (Å²) < 4.78 is 0. The van der Waals surface area contributed by atoms with Gasteiger partial charge in [0.1, 0.15) is 0 Å². The van der Waals surface area contributed by atoms with E-state index in [1.165, 1.54) is 11.3 Å². The third-order valence-corrected chi connectivity index (χ3v) is 3.01. The molecule has 0 aliphatic heterocycles. The van der Waals surface area contributed by atoms with E-state index < -0.39 is 0 Å². The summed E-state index contributed by atoms with van der Waals surface area (Å²) in [7, 11) is 0. The molecule has 0 amide bonds. The molecule has 0 unspecified atom stereocenters. The Kier molecular flexibility index (Phi) is 5.55. The normalized spacial score (nSPS) is 10.0. The van der Waals surface area contributed by atoms with Crippen molar-refractivity contribution in [1.29, 1.82) is 0 Å². The molecule has 0 aliphatic carbocycles. The predicted molar refractivity (Wildman–Crippen MR) is 77.5 cm³/mol.